The van der Waals surface area contributed by atoms with Gasteiger partial charge in [-0.3, -0.25) is 0 Å². The minimum atomic E-state index is 0.387. The molecule has 0 amide bonds. The Labute approximate surface area is 223 Å². The number of anilines is 2. The van der Waals surface area contributed by atoms with Gasteiger partial charge in [-0.1, -0.05) is 87.9 Å². The van der Waals surface area contributed by atoms with Crippen LogP contribution in [0.25, 0.3) is 0 Å². The lowest BCUT2D eigenvalue weighted by atomic mass is 10.1. The van der Waals surface area contributed by atoms with E-state index < -0.39 is 0 Å². The van der Waals surface area contributed by atoms with Crippen LogP contribution < -0.4 is 11.1 Å². The zero-order chi connectivity index (χ0) is 26.0. The minimum Gasteiger partial charge on any atom is -0.382 e. The normalized spacial score (nSPS) is 10.5. The van der Waals surface area contributed by atoms with Crippen molar-refractivity contribution in [3.8, 4) is 0 Å². The average Bonchev–Trinajstić information content (AvgIpc) is 2.78. The fraction of sp³-hybridized carbons (Fsp3) is 0.400. The van der Waals surface area contributed by atoms with Gasteiger partial charge in [0.15, 0.2) is 0 Å². The lowest BCUT2D eigenvalue weighted by Gasteiger charge is -2.10. The lowest BCUT2D eigenvalue weighted by Crippen LogP contribution is -1.97. The number of nitrogens with zero attached hydrogens (tertiary/aromatic N) is 3. The third-order valence-corrected chi connectivity index (χ3v) is 6.43. The maximum atomic E-state index is 6.08. The second-order valence-electron chi connectivity index (χ2n) is 8.38. The summed E-state index contributed by atoms with van der Waals surface area (Å²) in [5, 5.41) is 5.22. The van der Waals surface area contributed by atoms with Crippen molar-refractivity contribution in [2.45, 2.75) is 59.3 Å². The van der Waals surface area contributed by atoms with E-state index in [9.17, 15) is 0 Å². The van der Waals surface area contributed by atoms with Gasteiger partial charge in [-0.2, -0.15) is 0 Å². The van der Waals surface area contributed by atoms with Crippen molar-refractivity contribution in [1.82, 2.24) is 15.0 Å². The molecule has 0 spiro atoms. The number of halogens is 4. The van der Waals surface area contributed by atoms with E-state index in [0.717, 1.165) is 27.5 Å². The summed E-state index contributed by atoms with van der Waals surface area (Å²) < 4.78 is 0. The Bertz CT molecular complexity index is 1000. The SMILES string of the molecule is CC(C)c1ccnc(Cl)c1Cl.CC(C)c1ccnc(N)c1Cl.CNc1nccc(C(C)C)c1Cl. The fourth-order valence-corrected chi connectivity index (χ4v) is 4.13. The Balaban J connectivity index is 0.000000255. The Morgan fingerprint density at radius 2 is 1.06 bits per heavy atom. The van der Waals surface area contributed by atoms with E-state index in [4.69, 9.17) is 52.1 Å². The third-order valence-electron chi connectivity index (χ3n) is 4.84. The van der Waals surface area contributed by atoms with Gasteiger partial charge in [0, 0.05) is 25.6 Å². The highest BCUT2D eigenvalue weighted by atomic mass is 35.5. The molecule has 5 nitrogen and oxygen atoms in total. The molecule has 34 heavy (non-hydrogen) atoms. The fourth-order valence-electron chi connectivity index (χ4n) is 2.88. The summed E-state index contributed by atoms with van der Waals surface area (Å²) in [4.78, 5) is 11.8. The van der Waals surface area contributed by atoms with Crippen LogP contribution in [0.2, 0.25) is 20.2 Å². The summed E-state index contributed by atoms with van der Waals surface area (Å²) in [5.74, 6) is 2.39. The Hall–Kier alpha value is -1.79. The number of aromatic nitrogens is 3. The van der Waals surface area contributed by atoms with Crippen molar-refractivity contribution in [3.63, 3.8) is 0 Å². The van der Waals surface area contributed by atoms with Crippen molar-refractivity contribution in [1.29, 1.82) is 0 Å². The molecule has 0 fully saturated rings. The standard InChI is InChI=1S/C9H13ClN2.C8H9Cl2N.C8H11ClN2/c1-6(2)7-4-5-12-9(11-3)8(7)10;2*1-5(2)6-3-4-11-8(10)7(6)9/h4-6H,1-3H3,(H,11,12);3-5H,1-2H3;3-5H,1-2H3,(H2,10,11). The Morgan fingerprint density at radius 3 is 1.47 bits per heavy atom. The quantitative estimate of drug-likeness (QED) is 0.320. The highest BCUT2D eigenvalue weighted by molar-refractivity contribution is 6.41. The maximum Gasteiger partial charge on any atom is 0.147 e. The first kappa shape index (κ1) is 30.2. The number of nitrogen functional groups attached to an aromatic ring is 1. The Morgan fingerprint density at radius 1 is 0.647 bits per heavy atom. The predicted octanol–water partition coefficient (Wildman–Crippen LogP) is 8.85. The van der Waals surface area contributed by atoms with E-state index in [1.807, 2.05) is 25.2 Å². The summed E-state index contributed by atoms with van der Waals surface area (Å²) >= 11 is 23.6. The van der Waals surface area contributed by atoms with Crippen LogP contribution in [0.1, 0.15) is 76.0 Å². The molecule has 3 aromatic rings. The van der Waals surface area contributed by atoms with Gasteiger partial charge in [0.1, 0.15) is 16.8 Å². The molecule has 3 rings (SSSR count). The van der Waals surface area contributed by atoms with Crippen LogP contribution in [0.3, 0.4) is 0 Å². The average molecular weight is 545 g/mol. The van der Waals surface area contributed by atoms with Crippen LogP contribution >= 0.6 is 46.4 Å². The first-order valence-corrected chi connectivity index (χ1v) is 12.4. The summed E-state index contributed by atoms with van der Waals surface area (Å²) in [6.45, 7) is 12.5. The van der Waals surface area contributed by atoms with E-state index in [2.05, 4.69) is 61.8 Å². The first-order chi connectivity index (χ1) is 15.9. The van der Waals surface area contributed by atoms with E-state index in [-0.39, 0.29) is 0 Å². The third kappa shape index (κ3) is 8.77. The first-order valence-electron chi connectivity index (χ1n) is 10.9. The largest absolute Gasteiger partial charge is 0.382 e. The molecule has 0 saturated carbocycles. The van der Waals surface area contributed by atoms with Crippen LogP contribution in [0.5, 0.6) is 0 Å². The summed E-state index contributed by atoms with van der Waals surface area (Å²) in [6.07, 6.45) is 5.12. The van der Waals surface area contributed by atoms with E-state index >= 15 is 0 Å². The number of nitrogens with one attached hydrogen (secondary N) is 1. The van der Waals surface area contributed by atoms with E-state index in [0.29, 0.717) is 38.8 Å². The van der Waals surface area contributed by atoms with Crippen molar-refractivity contribution in [2.75, 3.05) is 18.1 Å². The smallest absolute Gasteiger partial charge is 0.147 e. The van der Waals surface area contributed by atoms with Crippen LogP contribution in [0, 0.1) is 0 Å². The van der Waals surface area contributed by atoms with Crippen LogP contribution in [0.4, 0.5) is 11.6 Å². The van der Waals surface area contributed by atoms with Gasteiger partial charge in [-0.15, -0.1) is 0 Å². The van der Waals surface area contributed by atoms with Crippen molar-refractivity contribution in [3.05, 3.63) is 73.7 Å². The van der Waals surface area contributed by atoms with E-state index in [1.54, 1.807) is 18.6 Å². The Kier molecular flexibility index (Phi) is 13.0. The lowest BCUT2D eigenvalue weighted by molar-refractivity contribution is 0.863. The summed E-state index contributed by atoms with van der Waals surface area (Å²) in [7, 11) is 1.82. The maximum absolute atomic E-state index is 6.08. The molecular weight excluding hydrogens is 512 g/mol. The minimum absolute atomic E-state index is 0.387. The van der Waals surface area contributed by atoms with Crippen molar-refractivity contribution >= 4 is 58.0 Å². The number of hydrogen-bond acceptors (Lipinski definition) is 5. The monoisotopic (exact) mass is 543 g/mol. The predicted molar refractivity (Wildman–Crippen MR) is 149 cm³/mol. The van der Waals surface area contributed by atoms with Crippen LogP contribution in [-0.2, 0) is 0 Å². The number of nitrogens with two attached hydrogens (primary N) is 1. The molecule has 3 heterocycles. The van der Waals surface area contributed by atoms with Crippen LogP contribution in [-0.4, -0.2) is 22.0 Å². The molecule has 0 aromatic carbocycles. The van der Waals surface area contributed by atoms with E-state index in [1.165, 1.54) is 0 Å². The molecule has 186 valence electrons. The summed E-state index contributed by atoms with van der Waals surface area (Å²) in [6, 6.07) is 5.73. The van der Waals surface area contributed by atoms with Crippen molar-refractivity contribution in [2.24, 2.45) is 0 Å². The molecule has 3 aromatic heterocycles. The molecule has 0 aliphatic rings. The van der Waals surface area contributed by atoms with Gasteiger partial charge in [0.05, 0.1) is 15.1 Å². The van der Waals surface area contributed by atoms with Crippen molar-refractivity contribution < 1.29 is 0 Å². The molecule has 0 atom stereocenters. The molecule has 0 aliphatic carbocycles. The van der Waals surface area contributed by atoms with Gasteiger partial charge in [-0.25, -0.2) is 15.0 Å². The molecule has 0 bridgehead atoms. The van der Waals surface area contributed by atoms with Gasteiger partial charge in [-0.05, 0) is 52.6 Å². The van der Waals surface area contributed by atoms with Gasteiger partial charge >= 0.3 is 0 Å². The number of rotatable bonds is 4. The highest BCUT2D eigenvalue weighted by Gasteiger charge is 2.09. The van der Waals surface area contributed by atoms with Gasteiger partial charge in [0.25, 0.3) is 0 Å². The molecule has 0 radical (unpaired) electrons. The summed E-state index contributed by atoms with van der Waals surface area (Å²) in [5.41, 5.74) is 8.75. The number of hydrogen-bond donors (Lipinski definition) is 2. The second-order valence-corrected chi connectivity index (χ2v) is 9.87. The highest BCUT2D eigenvalue weighted by Crippen LogP contribution is 2.29. The van der Waals surface area contributed by atoms with Gasteiger partial charge < -0.3 is 11.1 Å². The molecular formula is C25H33Cl4N5. The molecule has 9 heteroatoms. The van der Waals surface area contributed by atoms with Gasteiger partial charge in [0.2, 0.25) is 0 Å². The zero-order valence-electron chi connectivity index (χ0n) is 20.6. The molecule has 0 unspecified atom stereocenters. The van der Waals surface area contributed by atoms with Crippen LogP contribution in [0.15, 0.2) is 36.8 Å². The zero-order valence-corrected chi connectivity index (χ0v) is 23.7. The number of pyridine rings is 3. The topological polar surface area (TPSA) is 76.7 Å². The molecule has 3 N–H and O–H groups in total. The molecule has 0 aliphatic heterocycles. The second kappa shape index (κ2) is 14.6. The molecule has 0 saturated heterocycles.